The van der Waals surface area contributed by atoms with Gasteiger partial charge in [-0.3, -0.25) is 4.79 Å². The van der Waals surface area contributed by atoms with Crippen LogP contribution in [0.2, 0.25) is 0 Å². The highest BCUT2D eigenvalue weighted by Crippen LogP contribution is 2.22. The average Bonchev–Trinajstić information content (AvgIpc) is 2.53. The minimum absolute atomic E-state index is 0.0971. The van der Waals surface area contributed by atoms with E-state index in [1.807, 2.05) is 31.2 Å². The third-order valence-corrected chi connectivity index (χ3v) is 3.66. The van der Waals surface area contributed by atoms with Crippen LogP contribution in [0.15, 0.2) is 24.3 Å². The first-order valence-corrected chi connectivity index (χ1v) is 7.48. The second kappa shape index (κ2) is 8.00. The highest BCUT2D eigenvalue weighted by molar-refractivity contribution is 5.91. The van der Waals surface area contributed by atoms with E-state index in [9.17, 15) is 4.79 Å². The third-order valence-electron chi connectivity index (χ3n) is 3.66. The van der Waals surface area contributed by atoms with Gasteiger partial charge >= 0.3 is 0 Å². The van der Waals surface area contributed by atoms with Gasteiger partial charge in [-0.05, 0) is 44.0 Å². The van der Waals surface area contributed by atoms with Crippen LogP contribution in [0.3, 0.4) is 0 Å². The van der Waals surface area contributed by atoms with Crippen LogP contribution in [0.4, 0.5) is 11.4 Å². The Bertz CT molecular complexity index is 447. The van der Waals surface area contributed by atoms with Crippen molar-refractivity contribution < 1.29 is 14.3 Å². The summed E-state index contributed by atoms with van der Waals surface area (Å²) in [5.41, 5.74) is 1.96. The standard InChI is InChI=1S/C16H24N2O3/c1-3-21-12-16(19)17-13-6-8-14(9-7-13)18-10-4-5-15(11-18)20-2/h6-9,15H,3-5,10-12H2,1-2H3,(H,17,19). The number of hydrogen-bond acceptors (Lipinski definition) is 4. The second-order valence-electron chi connectivity index (χ2n) is 5.18. The monoisotopic (exact) mass is 292 g/mol. The van der Waals surface area contributed by atoms with Crippen LogP contribution in [0.25, 0.3) is 0 Å². The summed E-state index contributed by atoms with van der Waals surface area (Å²) in [5, 5.41) is 2.82. The van der Waals surface area contributed by atoms with Crippen molar-refractivity contribution in [3.63, 3.8) is 0 Å². The van der Waals surface area contributed by atoms with Crippen molar-refractivity contribution in [1.29, 1.82) is 0 Å². The smallest absolute Gasteiger partial charge is 0.250 e. The van der Waals surface area contributed by atoms with Crippen LogP contribution in [-0.2, 0) is 14.3 Å². The molecule has 5 heteroatoms. The lowest BCUT2D eigenvalue weighted by Crippen LogP contribution is -2.39. The normalized spacial score (nSPS) is 18.6. The number of carbonyl (C=O) groups is 1. The number of ether oxygens (including phenoxy) is 2. The van der Waals surface area contributed by atoms with Gasteiger partial charge in [0, 0.05) is 38.2 Å². The van der Waals surface area contributed by atoms with Crippen molar-refractivity contribution >= 4 is 17.3 Å². The highest BCUT2D eigenvalue weighted by Gasteiger charge is 2.19. The van der Waals surface area contributed by atoms with E-state index in [4.69, 9.17) is 9.47 Å². The fraction of sp³-hybridized carbons (Fsp3) is 0.562. The molecule has 0 saturated carbocycles. The number of methoxy groups -OCH3 is 1. The molecule has 1 heterocycles. The molecule has 1 amide bonds. The van der Waals surface area contributed by atoms with Crippen molar-refractivity contribution in [1.82, 2.24) is 0 Å². The SMILES string of the molecule is CCOCC(=O)Nc1ccc(N2CCCC(OC)C2)cc1. The van der Waals surface area contributed by atoms with Crippen LogP contribution in [0.5, 0.6) is 0 Å². The maximum absolute atomic E-state index is 11.6. The van der Waals surface area contributed by atoms with Crippen molar-refractivity contribution in [2.45, 2.75) is 25.9 Å². The number of anilines is 2. The maximum atomic E-state index is 11.6. The molecule has 1 aliphatic heterocycles. The first-order chi connectivity index (χ1) is 10.2. The van der Waals surface area contributed by atoms with Gasteiger partial charge in [0.2, 0.25) is 5.91 Å². The lowest BCUT2D eigenvalue weighted by molar-refractivity contribution is -0.120. The van der Waals surface area contributed by atoms with Gasteiger partial charge in [-0.2, -0.15) is 0 Å². The molecule has 0 aromatic heterocycles. The van der Waals surface area contributed by atoms with Gasteiger partial charge in [-0.1, -0.05) is 0 Å². The van der Waals surface area contributed by atoms with Crippen molar-refractivity contribution in [3.05, 3.63) is 24.3 Å². The maximum Gasteiger partial charge on any atom is 0.250 e. The molecule has 1 fully saturated rings. The Morgan fingerprint density at radius 2 is 2.14 bits per heavy atom. The van der Waals surface area contributed by atoms with Crippen molar-refractivity contribution in [2.75, 3.05) is 43.6 Å². The quantitative estimate of drug-likeness (QED) is 0.874. The molecule has 1 aliphatic rings. The van der Waals surface area contributed by atoms with E-state index < -0.39 is 0 Å². The second-order valence-corrected chi connectivity index (χ2v) is 5.18. The number of rotatable bonds is 6. The van der Waals surface area contributed by atoms with E-state index in [0.29, 0.717) is 12.7 Å². The molecule has 116 valence electrons. The van der Waals surface area contributed by atoms with Gasteiger partial charge < -0.3 is 19.7 Å². The summed E-state index contributed by atoms with van der Waals surface area (Å²) in [6, 6.07) is 7.92. The third kappa shape index (κ3) is 4.72. The van der Waals surface area contributed by atoms with Gasteiger partial charge in [0.25, 0.3) is 0 Å². The number of benzene rings is 1. The topological polar surface area (TPSA) is 50.8 Å². The summed E-state index contributed by atoms with van der Waals surface area (Å²) >= 11 is 0. The predicted octanol–water partition coefficient (Wildman–Crippen LogP) is 2.28. The van der Waals surface area contributed by atoms with E-state index in [2.05, 4.69) is 10.2 Å². The van der Waals surface area contributed by atoms with Crippen LogP contribution in [0, 0.1) is 0 Å². The van der Waals surface area contributed by atoms with Crippen molar-refractivity contribution in [2.24, 2.45) is 0 Å². The molecule has 5 nitrogen and oxygen atoms in total. The minimum atomic E-state index is -0.123. The molecule has 2 rings (SSSR count). The summed E-state index contributed by atoms with van der Waals surface area (Å²) in [5.74, 6) is -0.123. The number of amides is 1. The Morgan fingerprint density at radius 3 is 2.81 bits per heavy atom. The number of nitrogens with zero attached hydrogens (tertiary/aromatic N) is 1. The predicted molar refractivity (Wildman–Crippen MR) is 83.8 cm³/mol. The molecule has 0 aliphatic carbocycles. The molecule has 1 unspecified atom stereocenters. The van der Waals surface area contributed by atoms with E-state index in [1.54, 1.807) is 7.11 Å². The average molecular weight is 292 g/mol. The van der Waals surface area contributed by atoms with Crippen LogP contribution in [0.1, 0.15) is 19.8 Å². The summed E-state index contributed by atoms with van der Waals surface area (Å²) in [4.78, 5) is 13.9. The summed E-state index contributed by atoms with van der Waals surface area (Å²) in [6.45, 7) is 4.48. The number of nitrogens with one attached hydrogen (secondary N) is 1. The van der Waals surface area contributed by atoms with Crippen LogP contribution >= 0.6 is 0 Å². The first-order valence-electron chi connectivity index (χ1n) is 7.48. The molecule has 1 saturated heterocycles. The summed E-state index contributed by atoms with van der Waals surface area (Å²) in [7, 11) is 1.77. The molecule has 21 heavy (non-hydrogen) atoms. The lowest BCUT2D eigenvalue weighted by atomic mass is 10.1. The molecular formula is C16H24N2O3. The Hall–Kier alpha value is -1.59. The van der Waals surface area contributed by atoms with Gasteiger partial charge in [0.05, 0.1) is 6.10 Å². The number of carbonyl (C=O) groups excluding carboxylic acids is 1. The Kier molecular flexibility index (Phi) is 6.02. The molecule has 0 radical (unpaired) electrons. The molecule has 0 spiro atoms. The zero-order valence-corrected chi connectivity index (χ0v) is 12.8. The van der Waals surface area contributed by atoms with E-state index >= 15 is 0 Å². The van der Waals surface area contributed by atoms with E-state index in [-0.39, 0.29) is 12.5 Å². The lowest BCUT2D eigenvalue weighted by Gasteiger charge is -2.33. The van der Waals surface area contributed by atoms with Gasteiger partial charge in [0.15, 0.2) is 0 Å². The number of piperidine rings is 1. The van der Waals surface area contributed by atoms with Gasteiger partial charge in [-0.15, -0.1) is 0 Å². The Labute approximate surface area is 126 Å². The molecule has 1 aromatic rings. The highest BCUT2D eigenvalue weighted by atomic mass is 16.5. The van der Waals surface area contributed by atoms with Gasteiger partial charge in [-0.25, -0.2) is 0 Å². The van der Waals surface area contributed by atoms with Crippen molar-refractivity contribution in [3.8, 4) is 0 Å². The molecule has 1 N–H and O–H groups in total. The number of hydrogen-bond donors (Lipinski definition) is 1. The fourth-order valence-corrected chi connectivity index (χ4v) is 2.51. The van der Waals surface area contributed by atoms with E-state index in [1.165, 1.54) is 5.69 Å². The fourth-order valence-electron chi connectivity index (χ4n) is 2.51. The largest absolute Gasteiger partial charge is 0.380 e. The molecule has 1 aromatic carbocycles. The molecule has 1 atom stereocenters. The Morgan fingerprint density at radius 1 is 1.38 bits per heavy atom. The molecule has 0 bridgehead atoms. The van der Waals surface area contributed by atoms with Gasteiger partial charge in [0.1, 0.15) is 6.61 Å². The Balaban J connectivity index is 1.90. The zero-order valence-electron chi connectivity index (χ0n) is 12.8. The summed E-state index contributed by atoms with van der Waals surface area (Å²) < 4.78 is 10.5. The van der Waals surface area contributed by atoms with Crippen LogP contribution in [-0.4, -0.2) is 45.4 Å². The van der Waals surface area contributed by atoms with E-state index in [0.717, 1.165) is 31.6 Å². The zero-order chi connectivity index (χ0) is 15.1. The summed E-state index contributed by atoms with van der Waals surface area (Å²) in [6.07, 6.45) is 2.58. The first kappa shape index (κ1) is 15.8. The van der Waals surface area contributed by atoms with Crippen LogP contribution < -0.4 is 10.2 Å². The molecular weight excluding hydrogens is 268 g/mol. The minimum Gasteiger partial charge on any atom is -0.380 e.